The van der Waals surface area contributed by atoms with Crippen molar-refractivity contribution in [1.29, 1.82) is 0 Å². The van der Waals surface area contributed by atoms with E-state index in [1.807, 2.05) is 17.5 Å². The molecule has 0 saturated heterocycles. The maximum absolute atomic E-state index is 12.0. The number of nitrogens with zero attached hydrogens (tertiary/aromatic N) is 1. The van der Waals surface area contributed by atoms with Crippen molar-refractivity contribution in [2.45, 2.75) is 6.42 Å². The third kappa shape index (κ3) is 4.47. The first-order chi connectivity index (χ1) is 11.6. The van der Waals surface area contributed by atoms with Crippen LogP contribution >= 0.6 is 34.5 Å². The van der Waals surface area contributed by atoms with Crippen LogP contribution in [-0.2, 0) is 11.2 Å². The van der Waals surface area contributed by atoms with Gasteiger partial charge in [0.25, 0.3) is 0 Å². The summed E-state index contributed by atoms with van der Waals surface area (Å²) < 4.78 is 0. The lowest BCUT2D eigenvalue weighted by Gasteiger charge is -2.09. The molecule has 0 aliphatic carbocycles. The van der Waals surface area contributed by atoms with Crippen molar-refractivity contribution in [2.24, 2.45) is 0 Å². The van der Waals surface area contributed by atoms with Crippen molar-refractivity contribution in [1.82, 2.24) is 4.98 Å². The Morgan fingerprint density at radius 1 is 1.17 bits per heavy atom. The van der Waals surface area contributed by atoms with Crippen LogP contribution in [0.15, 0.2) is 54.0 Å². The van der Waals surface area contributed by atoms with Crippen LogP contribution in [0.5, 0.6) is 0 Å². The number of thiophene rings is 1. The highest BCUT2D eigenvalue weighted by atomic mass is 35.5. The maximum atomic E-state index is 12.0. The minimum Gasteiger partial charge on any atom is -0.339 e. The molecule has 7 heteroatoms. The van der Waals surface area contributed by atoms with Crippen LogP contribution in [0.3, 0.4) is 0 Å². The van der Waals surface area contributed by atoms with Crippen molar-refractivity contribution in [3.8, 4) is 0 Å². The molecule has 1 amide bonds. The zero-order valence-electron chi connectivity index (χ0n) is 12.4. The predicted octanol–water partition coefficient (Wildman–Crippen LogP) is 5.37. The van der Waals surface area contributed by atoms with E-state index in [1.54, 1.807) is 47.9 Å². The molecule has 122 valence electrons. The number of carbonyl (C=O) groups excluding carboxylic acids is 1. The van der Waals surface area contributed by atoms with E-state index in [9.17, 15) is 4.79 Å². The van der Waals surface area contributed by atoms with Gasteiger partial charge < -0.3 is 10.6 Å². The molecule has 0 aliphatic heterocycles. The van der Waals surface area contributed by atoms with E-state index in [4.69, 9.17) is 23.2 Å². The summed E-state index contributed by atoms with van der Waals surface area (Å²) in [7, 11) is 0. The standard InChI is InChI=1S/C17H13Cl2N3OS/c18-11-3-5-14(19)15(8-11)22-16-6-4-12(10-20-16)21-17(23)9-13-2-1-7-24-13/h1-8,10H,9H2,(H,20,22)(H,21,23). The van der Waals surface area contributed by atoms with Crippen LogP contribution in [0.1, 0.15) is 4.88 Å². The number of aromatic nitrogens is 1. The molecule has 2 heterocycles. The van der Waals surface area contributed by atoms with Gasteiger partial charge in [-0.15, -0.1) is 11.3 Å². The van der Waals surface area contributed by atoms with E-state index in [2.05, 4.69) is 15.6 Å². The number of benzene rings is 1. The minimum atomic E-state index is -0.0714. The minimum absolute atomic E-state index is 0.0714. The van der Waals surface area contributed by atoms with E-state index in [-0.39, 0.29) is 5.91 Å². The number of hydrogen-bond acceptors (Lipinski definition) is 4. The topological polar surface area (TPSA) is 54.0 Å². The number of nitrogens with one attached hydrogen (secondary N) is 2. The van der Waals surface area contributed by atoms with E-state index >= 15 is 0 Å². The lowest BCUT2D eigenvalue weighted by Crippen LogP contribution is -2.13. The summed E-state index contributed by atoms with van der Waals surface area (Å²) in [6.07, 6.45) is 1.95. The largest absolute Gasteiger partial charge is 0.339 e. The van der Waals surface area contributed by atoms with Gasteiger partial charge in [0.15, 0.2) is 0 Å². The highest BCUT2D eigenvalue weighted by molar-refractivity contribution is 7.10. The highest BCUT2D eigenvalue weighted by Gasteiger charge is 2.06. The highest BCUT2D eigenvalue weighted by Crippen LogP contribution is 2.28. The summed E-state index contributed by atoms with van der Waals surface area (Å²) in [5, 5.41) is 9.00. The van der Waals surface area contributed by atoms with Gasteiger partial charge in [-0.1, -0.05) is 29.3 Å². The molecule has 24 heavy (non-hydrogen) atoms. The van der Waals surface area contributed by atoms with Crippen molar-refractivity contribution >= 4 is 57.6 Å². The third-order valence-electron chi connectivity index (χ3n) is 3.15. The average Bonchev–Trinajstić information content (AvgIpc) is 3.05. The van der Waals surface area contributed by atoms with E-state index < -0.39 is 0 Å². The van der Waals surface area contributed by atoms with E-state index in [0.29, 0.717) is 33.7 Å². The van der Waals surface area contributed by atoms with Crippen LogP contribution in [0, 0.1) is 0 Å². The smallest absolute Gasteiger partial charge is 0.229 e. The van der Waals surface area contributed by atoms with Gasteiger partial charge in [0.05, 0.1) is 29.0 Å². The number of hydrogen-bond donors (Lipinski definition) is 2. The summed E-state index contributed by atoms with van der Waals surface area (Å²) in [5.41, 5.74) is 1.31. The Kier molecular flexibility index (Phi) is 5.35. The predicted molar refractivity (Wildman–Crippen MR) is 101 cm³/mol. The Balaban J connectivity index is 1.62. The average molecular weight is 378 g/mol. The normalized spacial score (nSPS) is 10.4. The van der Waals surface area contributed by atoms with E-state index in [1.165, 1.54) is 0 Å². The molecule has 2 N–H and O–H groups in total. The Hall–Kier alpha value is -2.08. The van der Waals surface area contributed by atoms with Gasteiger partial charge in [-0.2, -0.15) is 0 Å². The molecular formula is C17H13Cl2N3OS. The molecule has 3 rings (SSSR count). The second kappa shape index (κ2) is 7.66. The molecule has 0 aliphatic rings. The first-order valence-corrected chi connectivity index (χ1v) is 8.74. The molecule has 1 aromatic carbocycles. The van der Waals surface area contributed by atoms with Gasteiger partial charge in [0, 0.05) is 9.90 Å². The van der Waals surface area contributed by atoms with Crippen LogP contribution in [-0.4, -0.2) is 10.9 Å². The fourth-order valence-electron chi connectivity index (χ4n) is 2.05. The lowest BCUT2D eigenvalue weighted by atomic mass is 10.3. The summed E-state index contributed by atoms with van der Waals surface area (Å²) in [5.74, 6) is 0.535. The van der Waals surface area contributed by atoms with Gasteiger partial charge in [-0.3, -0.25) is 4.79 Å². The van der Waals surface area contributed by atoms with Crippen molar-refractivity contribution < 1.29 is 4.79 Å². The number of amides is 1. The Bertz CT molecular complexity index is 836. The zero-order chi connectivity index (χ0) is 16.9. The van der Waals surface area contributed by atoms with Crippen molar-refractivity contribution in [3.05, 3.63) is 69.0 Å². The SMILES string of the molecule is O=C(Cc1cccs1)Nc1ccc(Nc2cc(Cl)ccc2Cl)nc1. The number of halogens is 2. The fraction of sp³-hybridized carbons (Fsp3) is 0.0588. The van der Waals surface area contributed by atoms with Gasteiger partial charge in [-0.25, -0.2) is 4.98 Å². The summed E-state index contributed by atoms with van der Waals surface area (Å²) in [6.45, 7) is 0. The Labute approximate surface area is 153 Å². The zero-order valence-corrected chi connectivity index (χ0v) is 14.8. The number of anilines is 3. The molecule has 0 spiro atoms. The van der Waals surface area contributed by atoms with Crippen molar-refractivity contribution in [2.75, 3.05) is 10.6 Å². The molecular weight excluding hydrogens is 365 g/mol. The summed E-state index contributed by atoms with van der Waals surface area (Å²) in [4.78, 5) is 17.3. The Morgan fingerprint density at radius 2 is 2.04 bits per heavy atom. The molecule has 2 aromatic heterocycles. The molecule has 0 saturated carbocycles. The molecule has 3 aromatic rings. The van der Waals surface area contributed by atoms with Crippen LogP contribution in [0.2, 0.25) is 10.0 Å². The molecule has 0 bridgehead atoms. The first kappa shape index (κ1) is 16.8. The number of carbonyl (C=O) groups is 1. The summed E-state index contributed by atoms with van der Waals surface area (Å²) in [6, 6.07) is 12.6. The third-order valence-corrected chi connectivity index (χ3v) is 4.59. The molecule has 0 atom stereocenters. The fourth-order valence-corrected chi connectivity index (χ4v) is 3.09. The lowest BCUT2D eigenvalue weighted by molar-refractivity contribution is -0.115. The van der Waals surface area contributed by atoms with Gasteiger partial charge >= 0.3 is 0 Å². The van der Waals surface area contributed by atoms with Crippen LogP contribution in [0.4, 0.5) is 17.2 Å². The van der Waals surface area contributed by atoms with Gasteiger partial charge in [0.2, 0.25) is 5.91 Å². The quantitative estimate of drug-likeness (QED) is 0.627. The Morgan fingerprint density at radius 3 is 2.75 bits per heavy atom. The number of rotatable bonds is 5. The van der Waals surface area contributed by atoms with Gasteiger partial charge in [0.1, 0.15) is 5.82 Å². The van der Waals surface area contributed by atoms with Crippen LogP contribution < -0.4 is 10.6 Å². The first-order valence-electron chi connectivity index (χ1n) is 7.10. The maximum Gasteiger partial charge on any atom is 0.229 e. The van der Waals surface area contributed by atoms with E-state index in [0.717, 1.165) is 4.88 Å². The second-order valence-corrected chi connectivity index (χ2v) is 6.86. The van der Waals surface area contributed by atoms with Crippen LogP contribution in [0.25, 0.3) is 0 Å². The monoisotopic (exact) mass is 377 g/mol. The second-order valence-electron chi connectivity index (χ2n) is 4.99. The molecule has 0 radical (unpaired) electrons. The summed E-state index contributed by atoms with van der Waals surface area (Å²) >= 11 is 13.6. The van der Waals surface area contributed by atoms with Gasteiger partial charge in [-0.05, 0) is 41.8 Å². The van der Waals surface area contributed by atoms with Crippen molar-refractivity contribution in [3.63, 3.8) is 0 Å². The number of pyridine rings is 1. The molecule has 4 nitrogen and oxygen atoms in total. The molecule has 0 fully saturated rings. The molecule has 0 unspecified atom stereocenters.